The van der Waals surface area contributed by atoms with Crippen molar-refractivity contribution in [3.63, 3.8) is 0 Å². The molecule has 18 heavy (non-hydrogen) atoms. The molecular weight excluding hydrogens is 226 g/mol. The smallest absolute Gasteiger partial charge is 0.110 e. The van der Waals surface area contributed by atoms with Gasteiger partial charge >= 0.3 is 0 Å². The summed E-state index contributed by atoms with van der Waals surface area (Å²) in [6, 6.07) is 9.93. The van der Waals surface area contributed by atoms with Gasteiger partial charge in [0, 0.05) is 39.0 Å². The third kappa shape index (κ3) is 2.78. The molecule has 0 amide bonds. The van der Waals surface area contributed by atoms with Gasteiger partial charge in [-0.15, -0.1) is 0 Å². The van der Waals surface area contributed by atoms with Gasteiger partial charge in [0.1, 0.15) is 5.82 Å². The molecule has 1 aromatic heterocycles. The van der Waals surface area contributed by atoms with Crippen LogP contribution in [0.5, 0.6) is 0 Å². The van der Waals surface area contributed by atoms with Crippen molar-refractivity contribution in [2.45, 2.75) is 18.6 Å². The van der Waals surface area contributed by atoms with Crippen molar-refractivity contribution in [1.82, 2.24) is 9.55 Å². The number of hydrogen-bond donors (Lipinski definition) is 1. The summed E-state index contributed by atoms with van der Waals surface area (Å²) in [7, 11) is 3.66. The van der Waals surface area contributed by atoms with Gasteiger partial charge in [0.2, 0.25) is 0 Å². The average molecular weight is 245 g/mol. The normalized spacial score (nSPS) is 14.4. The second kappa shape index (κ2) is 5.80. The molecule has 2 atom stereocenters. The predicted molar refractivity (Wildman–Crippen MR) is 71.1 cm³/mol. The molecule has 4 nitrogen and oxygen atoms in total. The molecule has 0 saturated heterocycles. The van der Waals surface area contributed by atoms with E-state index in [0.29, 0.717) is 6.42 Å². The first-order chi connectivity index (χ1) is 8.72. The Morgan fingerprint density at radius 3 is 2.61 bits per heavy atom. The Hall–Kier alpha value is -1.65. The van der Waals surface area contributed by atoms with Crippen LogP contribution in [-0.2, 0) is 18.2 Å². The Labute approximate surface area is 107 Å². The lowest BCUT2D eigenvalue weighted by Crippen LogP contribution is -2.32. The van der Waals surface area contributed by atoms with Crippen molar-refractivity contribution in [1.29, 1.82) is 0 Å². The molecule has 2 rings (SSSR count). The van der Waals surface area contributed by atoms with E-state index in [4.69, 9.17) is 10.5 Å². The molecule has 0 radical (unpaired) electrons. The van der Waals surface area contributed by atoms with E-state index < -0.39 is 0 Å². The molecule has 0 bridgehead atoms. The Balaban J connectivity index is 2.11. The number of rotatable bonds is 5. The number of aromatic nitrogens is 2. The van der Waals surface area contributed by atoms with Crippen LogP contribution < -0.4 is 5.73 Å². The van der Waals surface area contributed by atoms with E-state index in [1.807, 2.05) is 48.1 Å². The van der Waals surface area contributed by atoms with Gasteiger partial charge in [-0.25, -0.2) is 4.98 Å². The summed E-state index contributed by atoms with van der Waals surface area (Å²) in [6.07, 6.45) is 4.29. The number of aryl methyl sites for hydroxylation is 1. The molecule has 2 aromatic rings. The molecule has 0 fully saturated rings. The Morgan fingerprint density at radius 1 is 1.33 bits per heavy atom. The molecule has 0 spiro atoms. The maximum absolute atomic E-state index is 6.24. The van der Waals surface area contributed by atoms with Gasteiger partial charge < -0.3 is 15.0 Å². The number of methoxy groups -OCH3 is 1. The van der Waals surface area contributed by atoms with Crippen LogP contribution in [0, 0.1) is 0 Å². The van der Waals surface area contributed by atoms with E-state index in [2.05, 4.69) is 4.98 Å². The van der Waals surface area contributed by atoms with Gasteiger partial charge in [-0.1, -0.05) is 30.3 Å². The molecule has 1 heterocycles. The maximum Gasteiger partial charge on any atom is 0.110 e. The average Bonchev–Trinajstić information content (AvgIpc) is 2.77. The number of imidazole rings is 1. The summed E-state index contributed by atoms with van der Waals surface area (Å²) in [6.45, 7) is 0. The summed E-state index contributed by atoms with van der Waals surface area (Å²) < 4.78 is 7.51. The third-order valence-corrected chi connectivity index (χ3v) is 3.11. The van der Waals surface area contributed by atoms with Crippen molar-refractivity contribution in [2.75, 3.05) is 7.11 Å². The summed E-state index contributed by atoms with van der Waals surface area (Å²) in [4.78, 5) is 4.29. The molecule has 0 aliphatic heterocycles. The van der Waals surface area contributed by atoms with Crippen molar-refractivity contribution < 1.29 is 4.74 Å². The van der Waals surface area contributed by atoms with E-state index in [0.717, 1.165) is 11.4 Å². The van der Waals surface area contributed by atoms with Crippen LogP contribution in [0.1, 0.15) is 17.5 Å². The monoisotopic (exact) mass is 245 g/mol. The van der Waals surface area contributed by atoms with Crippen LogP contribution >= 0.6 is 0 Å². The lowest BCUT2D eigenvalue weighted by Gasteiger charge is -2.22. The molecule has 1 aromatic carbocycles. The standard InChI is InChI=1S/C14H19N3O/c1-17-9-8-16-13(17)10-12(15)14(18-2)11-6-4-3-5-7-11/h3-9,12,14H,10,15H2,1-2H3. The lowest BCUT2D eigenvalue weighted by atomic mass is 10.00. The van der Waals surface area contributed by atoms with Crippen molar-refractivity contribution in [3.8, 4) is 0 Å². The lowest BCUT2D eigenvalue weighted by molar-refractivity contribution is 0.0795. The molecule has 2 N–H and O–H groups in total. The van der Waals surface area contributed by atoms with Crippen LogP contribution in [0.4, 0.5) is 0 Å². The molecular formula is C14H19N3O. The van der Waals surface area contributed by atoms with Gasteiger partial charge in [0.05, 0.1) is 6.10 Å². The highest BCUT2D eigenvalue weighted by atomic mass is 16.5. The first-order valence-electron chi connectivity index (χ1n) is 6.02. The number of benzene rings is 1. The Morgan fingerprint density at radius 2 is 2.06 bits per heavy atom. The van der Waals surface area contributed by atoms with Gasteiger partial charge in [0.15, 0.2) is 0 Å². The number of nitrogens with zero attached hydrogens (tertiary/aromatic N) is 2. The number of nitrogens with two attached hydrogens (primary N) is 1. The highest BCUT2D eigenvalue weighted by molar-refractivity contribution is 5.19. The summed E-state index contributed by atoms with van der Waals surface area (Å²) in [5, 5.41) is 0. The molecule has 0 aliphatic rings. The second-order valence-electron chi connectivity index (χ2n) is 4.39. The zero-order chi connectivity index (χ0) is 13.0. The van der Waals surface area contributed by atoms with Crippen LogP contribution in [-0.4, -0.2) is 22.7 Å². The fourth-order valence-electron chi connectivity index (χ4n) is 2.11. The second-order valence-corrected chi connectivity index (χ2v) is 4.39. The minimum atomic E-state index is -0.113. The van der Waals surface area contributed by atoms with E-state index >= 15 is 0 Å². The van der Waals surface area contributed by atoms with Crippen LogP contribution in [0.3, 0.4) is 0 Å². The SMILES string of the molecule is COC(c1ccccc1)C(N)Cc1nccn1C. The highest BCUT2D eigenvalue weighted by Crippen LogP contribution is 2.21. The topological polar surface area (TPSA) is 53.1 Å². The van der Waals surface area contributed by atoms with Crippen molar-refractivity contribution in [3.05, 3.63) is 54.1 Å². The summed E-state index contributed by atoms with van der Waals surface area (Å²) in [5.41, 5.74) is 7.34. The fourth-order valence-corrected chi connectivity index (χ4v) is 2.11. The van der Waals surface area contributed by atoms with Crippen molar-refractivity contribution in [2.24, 2.45) is 12.8 Å². The van der Waals surface area contributed by atoms with Crippen molar-refractivity contribution >= 4 is 0 Å². The van der Waals surface area contributed by atoms with E-state index in [1.165, 1.54) is 0 Å². The van der Waals surface area contributed by atoms with E-state index in [1.54, 1.807) is 13.3 Å². The minimum Gasteiger partial charge on any atom is -0.375 e. The van der Waals surface area contributed by atoms with Crippen LogP contribution in [0.25, 0.3) is 0 Å². The quantitative estimate of drug-likeness (QED) is 0.872. The largest absolute Gasteiger partial charge is 0.375 e. The van der Waals surface area contributed by atoms with E-state index in [-0.39, 0.29) is 12.1 Å². The van der Waals surface area contributed by atoms with Crippen LogP contribution in [0.2, 0.25) is 0 Å². The number of hydrogen-bond acceptors (Lipinski definition) is 3. The van der Waals surface area contributed by atoms with Crippen LogP contribution in [0.15, 0.2) is 42.7 Å². The first kappa shape index (κ1) is 12.8. The van der Waals surface area contributed by atoms with Gasteiger partial charge in [-0.3, -0.25) is 0 Å². The first-order valence-corrected chi connectivity index (χ1v) is 6.02. The molecule has 0 saturated carbocycles. The molecule has 4 heteroatoms. The maximum atomic E-state index is 6.24. The molecule has 0 aliphatic carbocycles. The Bertz CT molecular complexity index is 481. The summed E-state index contributed by atoms with van der Waals surface area (Å²) >= 11 is 0. The third-order valence-electron chi connectivity index (χ3n) is 3.11. The fraction of sp³-hybridized carbons (Fsp3) is 0.357. The number of ether oxygens (including phenoxy) is 1. The zero-order valence-corrected chi connectivity index (χ0v) is 10.8. The molecule has 96 valence electrons. The molecule has 2 unspecified atom stereocenters. The predicted octanol–water partition coefficient (Wildman–Crippen LogP) is 1.68. The zero-order valence-electron chi connectivity index (χ0n) is 10.8. The summed E-state index contributed by atoms with van der Waals surface area (Å²) in [5.74, 6) is 0.973. The van der Waals surface area contributed by atoms with Gasteiger partial charge in [-0.05, 0) is 5.56 Å². The minimum absolute atomic E-state index is 0.108. The highest BCUT2D eigenvalue weighted by Gasteiger charge is 2.20. The van der Waals surface area contributed by atoms with Gasteiger partial charge in [0.25, 0.3) is 0 Å². The van der Waals surface area contributed by atoms with E-state index in [9.17, 15) is 0 Å². The Kier molecular flexibility index (Phi) is 4.12. The van der Waals surface area contributed by atoms with Gasteiger partial charge in [-0.2, -0.15) is 0 Å².